The Hall–Kier alpha value is -3.48. The summed E-state index contributed by atoms with van der Waals surface area (Å²) >= 11 is 0. The minimum atomic E-state index is -0.0464. The van der Waals surface area contributed by atoms with Gasteiger partial charge in [-0.15, -0.1) is 0 Å². The summed E-state index contributed by atoms with van der Waals surface area (Å²) in [6, 6.07) is 7.60. The van der Waals surface area contributed by atoms with Crippen molar-refractivity contribution in [3.05, 3.63) is 66.6 Å². The van der Waals surface area contributed by atoms with E-state index in [9.17, 15) is 4.79 Å². The Morgan fingerprint density at radius 2 is 2.00 bits per heavy atom. The molecule has 0 aliphatic rings. The lowest BCUT2D eigenvalue weighted by molar-refractivity contribution is 0.0747. The Bertz CT molecular complexity index is 1040. The normalized spacial score (nSPS) is 11.0. The Balaban J connectivity index is 1.60. The Labute approximate surface area is 150 Å². The van der Waals surface area contributed by atoms with E-state index in [1.54, 1.807) is 17.3 Å². The lowest BCUT2D eigenvalue weighted by atomic mass is 10.1. The van der Waals surface area contributed by atoms with Crippen LogP contribution in [0.5, 0.6) is 0 Å². The van der Waals surface area contributed by atoms with Crippen molar-refractivity contribution in [2.75, 3.05) is 6.54 Å². The topological polar surface area (TPSA) is 90.6 Å². The van der Waals surface area contributed by atoms with Gasteiger partial charge in [0.1, 0.15) is 17.7 Å². The third-order valence-corrected chi connectivity index (χ3v) is 4.33. The van der Waals surface area contributed by atoms with Gasteiger partial charge in [0.25, 0.3) is 5.91 Å². The van der Waals surface area contributed by atoms with E-state index in [1.165, 1.54) is 6.33 Å². The minimum Gasteiger partial charge on any atom is -0.357 e. The number of hydrogen-bond donors (Lipinski definition) is 2. The summed E-state index contributed by atoms with van der Waals surface area (Å²) in [4.78, 5) is 33.4. The van der Waals surface area contributed by atoms with Gasteiger partial charge in [0.05, 0.1) is 5.69 Å². The largest absolute Gasteiger partial charge is 0.357 e. The fourth-order valence-electron chi connectivity index (χ4n) is 2.96. The van der Waals surface area contributed by atoms with Crippen molar-refractivity contribution < 1.29 is 4.79 Å². The molecule has 2 N–H and O–H groups in total. The van der Waals surface area contributed by atoms with Gasteiger partial charge in [0, 0.05) is 48.8 Å². The molecule has 0 aromatic carbocycles. The average molecular weight is 346 g/mol. The zero-order valence-corrected chi connectivity index (χ0v) is 14.3. The van der Waals surface area contributed by atoms with Crippen molar-refractivity contribution in [3.8, 4) is 11.3 Å². The molecule has 0 spiro atoms. The molecule has 0 bridgehead atoms. The van der Waals surface area contributed by atoms with Crippen LogP contribution in [-0.4, -0.2) is 42.3 Å². The van der Waals surface area contributed by atoms with Gasteiger partial charge >= 0.3 is 0 Å². The molecule has 4 aromatic rings. The van der Waals surface area contributed by atoms with Gasteiger partial charge < -0.3 is 14.9 Å². The Kier molecular flexibility index (Phi) is 4.18. The highest BCUT2D eigenvalue weighted by atomic mass is 16.2. The molecule has 1 amide bonds. The lowest BCUT2D eigenvalue weighted by Gasteiger charge is -2.20. The van der Waals surface area contributed by atoms with E-state index in [2.05, 4.69) is 24.9 Å². The van der Waals surface area contributed by atoms with Crippen LogP contribution in [0.4, 0.5) is 0 Å². The van der Waals surface area contributed by atoms with Crippen molar-refractivity contribution in [1.29, 1.82) is 0 Å². The maximum atomic E-state index is 12.9. The van der Waals surface area contributed by atoms with Gasteiger partial charge in [0.2, 0.25) is 0 Å². The summed E-state index contributed by atoms with van der Waals surface area (Å²) in [5.41, 5.74) is 4.02. The maximum Gasteiger partial charge on any atom is 0.270 e. The Morgan fingerprint density at radius 1 is 1.15 bits per heavy atom. The monoisotopic (exact) mass is 346 g/mol. The molecule has 7 nitrogen and oxygen atoms in total. The summed E-state index contributed by atoms with van der Waals surface area (Å²) in [5, 5.41) is 0.926. The summed E-state index contributed by atoms with van der Waals surface area (Å²) < 4.78 is 0. The molecule has 0 aliphatic carbocycles. The van der Waals surface area contributed by atoms with Crippen LogP contribution in [0.2, 0.25) is 0 Å². The zero-order valence-electron chi connectivity index (χ0n) is 14.3. The first-order valence-corrected chi connectivity index (χ1v) is 8.41. The molecule has 0 unspecified atom stereocenters. The molecule has 130 valence electrons. The third-order valence-electron chi connectivity index (χ3n) is 4.33. The number of H-pyrrole nitrogens is 2. The van der Waals surface area contributed by atoms with E-state index in [1.807, 2.05) is 43.6 Å². The summed E-state index contributed by atoms with van der Waals surface area (Å²) in [5.74, 6) is -0.0464. The maximum absolute atomic E-state index is 12.9. The predicted octanol–water partition coefficient (Wildman–Crippen LogP) is 3.01. The number of carbonyl (C=O) groups is 1. The molecule has 0 atom stereocenters. The summed E-state index contributed by atoms with van der Waals surface area (Å²) in [6.07, 6.45) is 8.62. The quantitative estimate of drug-likeness (QED) is 0.581. The molecular formula is C19H18N6O. The smallest absolute Gasteiger partial charge is 0.270 e. The highest BCUT2D eigenvalue weighted by Gasteiger charge is 2.18. The van der Waals surface area contributed by atoms with Gasteiger partial charge in [-0.3, -0.25) is 9.78 Å². The van der Waals surface area contributed by atoms with E-state index in [0.29, 0.717) is 18.8 Å². The number of aromatic nitrogens is 5. The van der Waals surface area contributed by atoms with Gasteiger partial charge in [-0.1, -0.05) is 0 Å². The molecule has 4 aromatic heterocycles. The number of aromatic amines is 2. The molecule has 0 saturated carbocycles. The fraction of sp³-hybridized carbons (Fsp3) is 0.158. The van der Waals surface area contributed by atoms with Crippen molar-refractivity contribution in [3.63, 3.8) is 0 Å². The van der Waals surface area contributed by atoms with Gasteiger partial charge in [-0.25, -0.2) is 9.97 Å². The van der Waals surface area contributed by atoms with Gasteiger partial charge in [-0.2, -0.15) is 0 Å². The first kappa shape index (κ1) is 16.0. The van der Waals surface area contributed by atoms with Crippen LogP contribution >= 0.6 is 0 Å². The van der Waals surface area contributed by atoms with Crippen molar-refractivity contribution >= 4 is 16.9 Å². The number of carbonyl (C=O) groups excluding carboxylic acids is 1. The van der Waals surface area contributed by atoms with Crippen LogP contribution < -0.4 is 0 Å². The molecule has 7 heteroatoms. The summed E-state index contributed by atoms with van der Waals surface area (Å²) in [7, 11) is 0. The van der Waals surface area contributed by atoms with E-state index in [4.69, 9.17) is 0 Å². The van der Waals surface area contributed by atoms with Crippen molar-refractivity contribution in [2.45, 2.75) is 13.5 Å². The highest BCUT2D eigenvalue weighted by Crippen LogP contribution is 2.25. The van der Waals surface area contributed by atoms with Gasteiger partial charge in [-0.05, 0) is 36.8 Å². The number of nitrogens with one attached hydrogen (secondary N) is 2. The van der Waals surface area contributed by atoms with E-state index in [0.717, 1.165) is 27.9 Å². The molecule has 0 saturated heterocycles. The van der Waals surface area contributed by atoms with Crippen LogP contribution in [0, 0.1) is 0 Å². The highest BCUT2D eigenvalue weighted by molar-refractivity contribution is 5.96. The third kappa shape index (κ3) is 2.95. The molecular weight excluding hydrogens is 328 g/mol. The molecule has 4 heterocycles. The van der Waals surface area contributed by atoms with Crippen LogP contribution in [0.1, 0.15) is 23.0 Å². The minimum absolute atomic E-state index is 0.0464. The second-order valence-corrected chi connectivity index (χ2v) is 5.94. The number of fused-ring (bicyclic) bond motifs is 1. The number of nitrogens with zero attached hydrogens (tertiary/aromatic N) is 4. The van der Waals surface area contributed by atoms with Crippen molar-refractivity contribution in [2.24, 2.45) is 0 Å². The SMILES string of the molecule is CCN(Cc1ccncc1)C(=O)c1cc(-c2ncnc3[nH]ccc23)c[nH]1. The molecule has 26 heavy (non-hydrogen) atoms. The molecule has 0 fully saturated rings. The second kappa shape index (κ2) is 6.79. The van der Waals surface area contributed by atoms with Crippen LogP contribution in [0.3, 0.4) is 0 Å². The number of pyridine rings is 1. The zero-order chi connectivity index (χ0) is 17.9. The fourth-order valence-corrected chi connectivity index (χ4v) is 2.96. The van der Waals surface area contributed by atoms with E-state index >= 15 is 0 Å². The van der Waals surface area contributed by atoms with Gasteiger partial charge in [0.15, 0.2) is 0 Å². The lowest BCUT2D eigenvalue weighted by Crippen LogP contribution is -2.30. The molecule has 0 aliphatic heterocycles. The van der Waals surface area contributed by atoms with E-state index in [-0.39, 0.29) is 5.91 Å². The molecule has 4 rings (SSSR count). The molecule has 0 radical (unpaired) electrons. The van der Waals surface area contributed by atoms with Crippen LogP contribution in [-0.2, 0) is 6.54 Å². The van der Waals surface area contributed by atoms with Crippen LogP contribution in [0.25, 0.3) is 22.3 Å². The predicted molar refractivity (Wildman–Crippen MR) is 98.3 cm³/mol. The number of rotatable bonds is 5. The van der Waals surface area contributed by atoms with E-state index < -0.39 is 0 Å². The van der Waals surface area contributed by atoms with Crippen molar-refractivity contribution in [1.82, 2.24) is 29.8 Å². The first-order chi connectivity index (χ1) is 12.8. The average Bonchev–Trinajstić information content (AvgIpc) is 3.35. The first-order valence-electron chi connectivity index (χ1n) is 8.41. The summed E-state index contributed by atoms with van der Waals surface area (Å²) in [6.45, 7) is 3.13. The van der Waals surface area contributed by atoms with Crippen LogP contribution in [0.15, 0.2) is 55.4 Å². The number of amides is 1. The Morgan fingerprint density at radius 3 is 2.81 bits per heavy atom. The number of hydrogen-bond acceptors (Lipinski definition) is 4. The standard InChI is InChI=1S/C19H18N6O/c1-2-25(11-13-3-6-20-7-4-13)19(26)16-9-14(10-22-16)17-15-5-8-21-18(15)24-12-23-17/h3-10,12,22H,2,11H2,1H3,(H,21,23,24). The second-order valence-electron chi connectivity index (χ2n) is 5.94.